The van der Waals surface area contributed by atoms with Crippen molar-refractivity contribution < 1.29 is 14.7 Å². The number of aromatic nitrogens is 1. The van der Waals surface area contributed by atoms with Gasteiger partial charge in [0.15, 0.2) is 0 Å². The van der Waals surface area contributed by atoms with Crippen LogP contribution in [0.5, 0.6) is 0 Å². The molecule has 0 bridgehead atoms. The van der Waals surface area contributed by atoms with Gasteiger partial charge in [-0.15, -0.1) is 11.3 Å². The number of benzene rings is 1. The molecule has 5 nitrogen and oxygen atoms in total. The number of hydrogen-bond donors (Lipinski definition) is 2. The number of carboxylic acids is 1. The Balaban J connectivity index is 2.03. The molecular formula is C16H18N2O3S. The Bertz CT molecular complexity index is 682. The van der Waals surface area contributed by atoms with Gasteiger partial charge in [-0.25, -0.2) is 4.98 Å². The van der Waals surface area contributed by atoms with E-state index < -0.39 is 5.97 Å². The van der Waals surface area contributed by atoms with E-state index in [1.165, 1.54) is 0 Å². The van der Waals surface area contributed by atoms with Crippen LogP contribution in [0, 0.1) is 12.8 Å². The summed E-state index contributed by atoms with van der Waals surface area (Å²) in [5.41, 5.74) is 2.30. The molecule has 0 aliphatic carbocycles. The summed E-state index contributed by atoms with van der Waals surface area (Å²) in [6.07, 6.45) is 0.0401. The van der Waals surface area contributed by atoms with E-state index in [9.17, 15) is 9.59 Å². The smallest absolute Gasteiger partial charge is 0.303 e. The first-order chi connectivity index (χ1) is 10.5. The van der Waals surface area contributed by atoms with Crippen molar-refractivity contribution >= 4 is 23.2 Å². The van der Waals surface area contributed by atoms with Gasteiger partial charge in [0.25, 0.3) is 5.91 Å². The number of rotatable bonds is 6. The molecule has 0 spiro atoms. The van der Waals surface area contributed by atoms with Crippen molar-refractivity contribution in [3.05, 3.63) is 40.2 Å². The van der Waals surface area contributed by atoms with Crippen molar-refractivity contribution in [2.24, 2.45) is 5.92 Å². The van der Waals surface area contributed by atoms with Crippen LogP contribution >= 0.6 is 11.3 Å². The second-order valence-corrected chi connectivity index (χ2v) is 6.31. The number of hydrogen-bond acceptors (Lipinski definition) is 4. The fourth-order valence-electron chi connectivity index (χ4n) is 2.06. The van der Waals surface area contributed by atoms with Crippen LogP contribution in [0.25, 0.3) is 11.3 Å². The molecule has 22 heavy (non-hydrogen) atoms. The van der Waals surface area contributed by atoms with Crippen LogP contribution < -0.4 is 5.32 Å². The van der Waals surface area contributed by atoms with Gasteiger partial charge in [0.05, 0.1) is 10.7 Å². The maximum atomic E-state index is 12.1. The van der Waals surface area contributed by atoms with Crippen LogP contribution in [-0.4, -0.2) is 28.5 Å². The first-order valence-corrected chi connectivity index (χ1v) is 7.86. The molecule has 1 atom stereocenters. The quantitative estimate of drug-likeness (QED) is 0.858. The molecule has 0 aliphatic rings. The van der Waals surface area contributed by atoms with Gasteiger partial charge in [-0.1, -0.05) is 19.1 Å². The lowest BCUT2D eigenvalue weighted by Gasteiger charge is -2.10. The zero-order valence-electron chi connectivity index (χ0n) is 12.5. The monoisotopic (exact) mass is 318 g/mol. The summed E-state index contributed by atoms with van der Waals surface area (Å²) >= 11 is 1.57. The van der Waals surface area contributed by atoms with Crippen molar-refractivity contribution in [1.82, 2.24) is 10.3 Å². The van der Waals surface area contributed by atoms with E-state index in [1.54, 1.807) is 30.4 Å². The molecule has 2 N–H and O–H groups in total. The molecule has 0 radical (unpaired) electrons. The topological polar surface area (TPSA) is 79.3 Å². The van der Waals surface area contributed by atoms with Crippen LogP contribution in [0.15, 0.2) is 29.6 Å². The summed E-state index contributed by atoms with van der Waals surface area (Å²) in [7, 11) is 0. The second-order valence-electron chi connectivity index (χ2n) is 5.25. The molecule has 2 aromatic rings. The van der Waals surface area contributed by atoms with Gasteiger partial charge in [-0.2, -0.15) is 0 Å². The highest BCUT2D eigenvalue weighted by molar-refractivity contribution is 7.09. The average Bonchev–Trinajstić information content (AvgIpc) is 2.91. The van der Waals surface area contributed by atoms with Crippen molar-refractivity contribution in [3.8, 4) is 11.3 Å². The molecule has 0 aliphatic heterocycles. The predicted molar refractivity (Wildman–Crippen MR) is 86.0 cm³/mol. The maximum Gasteiger partial charge on any atom is 0.303 e. The number of nitrogens with zero attached hydrogens (tertiary/aromatic N) is 1. The van der Waals surface area contributed by atoms with Gasteiger partial charge in [0, 0.05) is 29.5 Å². The number of nitrogens with one attached hydrogen (secondary N) is 1. The number of aliphatic carboxylic acids is 1. The summed E-state index contributed by atoms with van der Waals surface area (Å²) < 4.78 is 0. The van der Waals surface area contributed by atoms with Gasteiger partial charge in [-0.05, 0) is 25.0 Å². The molecule has 1 heterocycles. The molecule has 1 aromatic heterocycles. The minimum atomic E-state index is -0.859. The van der Waals surface area contributed by atoms with Crippen LogP contribution in [0.4, 0.5) is 0 Å². The Morgan fingerprint density at radius 2 is 2.18 bits per heavy atom. The third kappa shape index (κ3) is 4.39. The average molecular weight is 318 g/mol. The molecular weight excluding hydrogens is 300 g/mol. The standard InChI is InChI=1S/C16H18N2O3S/c1-10(6-15(19)20)8-17-16(21)13-5-3-4-12(7-13)14-9-22-11(2)18-14/h3-5,7,9-10H,6,8H2,1-2H3,(H,17,21)(H,19,20). The highest BCUT2D eigenvalue weighted by Crippen LogP contribution is 2.22. The van der Waals surface area contributed by atoms with E-state index in [1.807, 2.05) is 24.4 Å². The Kier molecular flexibility index (Phi) is 5.27. The van der Waals surface area contributed by atoms with Crippen LogP contribution in [0.3, 0.4) is 0 Å². The summed E-state index contributed by atoms with van der Waals surface area (Å²) in [6, 6.07) is 7.27. The molecule has 0 fully saturated rings. The highest BCUT2D eigenvalue weighted by atomic mass is 32.1. The molecule has 1 unspecified atom stereocenters. The van der Waals surface area contributed by atoms with Gasteiger partial charge < -0.3 is 10.4 Å². The number of carbonyl (C=O) groups excluding carboxylic acids is 1. The number of carboxylic acid groups (broad SMARTS) is 1. The summed E-state index contributed by atoms with van der Waals surface area (Å²) in [5, 5.41) is 14.4. The Labute approximate surface area is 133 Å². The van der Waals surface area contributed by atoms with Gasteiger partial charge >= 0.3 is 5.97 Å². The first kappa shape index (κ1) is 16.2. The number of carbonyl (C=O) groups is 2. The van der Waals surface area contributed by atoms with Crippen molar-refractivity contribution in [3.63, 3.8) is 0 Å². The first-order valence-electron chi connectivity index (χ1n) is 6.98. The predicted octanol–water partition coefficient (Wildman–Crippen LogP) is 2.96. The van der Waals surface area contributed by atoms with Crippen molar-refractivity contribution in [2.75, 3.05) is 6.54 Å². The molecule has 116 valence electrons. The zero-order chi connectivity index (χ0) is 16.1. The van der Waals surface area contributed by atoms with E-state index >= 15 is 0 Å². The molecule has 0 saturated carbocycles. The zero-order valence-corrected chi connectivity index (χ0v) is 13.3. The summed E-state index contributed by atoms with van der Waals surface area (Å²) in [6.45, 7) is 4.07. The minimum absolute atomic E-state index is 0.0401. The van der Waals surface area contributed by atoms with E-state index in [-0.39, 0.29) is 18.2 Å². The van der Waals surface area contributed by atoms with Crippen LogP contribution in [0.2, 0.25) is 0 Å². The van der Waals surface area contributed by atoms with Crippen molar-refractivity contribution in [1.29, 1.82) is 0 Å². The van der Waals surface area contributed by atoms with Crippen LogP contribution in [-0.2, 0) is 4.79 Å². The van der Waals surface area contributed by atoms with E-state index in [0.717, 1.165) is 16.3 Å². The lowest BCUT2D eigenvalue weighted by molar-refractivity contribution is -0.137. The normalized spacial score (nSPS) is 11.9. The Hall–Kier alpha value is -2.21. The number of amides is 1. The maximum absolute atomic E-state index is 12.1. The van der Waals surface area contributed by atoms with Crippen LogP contribution in [0.1, 0.15) is 28.7 Å². The summed E-state index contributed by atoms with van der Waals surface area (Å²) in [5.74, 6) is -1.17. The van der Waals surface area contributed by atoms with Gasteiger partial charge in [-0.3, -0.25) is 9.59 Å². The molecule has 0 saturated heterocycles. The number of thiazole rings is 1. The van der Waals surface area contributed by atoms with E-state index in [2.05, 4.69) is 10.3 Å². The highest BCUT2D eigenvalue weighted by Gasteiger charge is 2.12. The number of aryl methyl sites for hydroxylation is 1. The Morgan fingerprint density at radius 3 is 2.82 bits per heavy atom. The fourth-order valence-corrected chi connectivity index (χ4v) is 2.68. The summed E-state index contributed by atoms with van der Waals surface area (Å²) in [4.78, 5) is 27.2. The largest absolute Gasteiger partial charge is 0.481 e. The second kappa shape index (κ2) is 7.17. The van der Waals surface area contributed by atoms with E-state index in [4.69, 9.17) is 5.11 Å². The fraction of sp³-hybridized carbons (Fsp3) is 0.312. The van der Waals surface area contributed by atoms with Gasteiger partial charge in [0.2, 0.25) is 0 Å². The SMILES string of the molecule is Cc1nc(-c2cccc(C(=O)NCC(C)CC(=O)O)c2)cs1. The third-order valence-corrected chi connectivity index (χ3v) is 3.95. The molecule has 1 amide bonds. The molecule has 6 heteroatoms. The van der Waals surface area contributed by atoms with E-state index in [0.29, 0.717) is 12.1 Å². The molecule has 1 aromatic carbocycles. The lowest BCUT2D eigenvalue weighted by Crippen LogP contribution is -2.29. The molecule has 2 rings (SSSR count). The minimum Gasteiger partial charge on any atom is -0.481 e. The van der Waals surface area contributed by atoms with Crippen molar-refractivity contribution in [2.45, 2.75) is 20.3 Å². The lowest BCUT2D eigenvalue weighted by atomic mass is 10.1. The Morgan fingerprint density at radius 1 is 1.41 bits per heavy atom. The van der Waals surface area contributed by atoms with Gasteiger partial charge in [0.1, 0.15) is 0 Å². The third-order valence-electron chi connectivity index (χ3n) is 3.17.